The van der Waals surface area contributed by atoms with Crippen LogP contribution in [0.4, 0.5) is 0 Å². The maximum atomic E-state index is 12.4. The van der Waals surface area contributed by atoms with Crippen LogP contribution in [-0.4, -0.2) is 37.0 Å². The van der Waals surface area contributed by atoms with Crippen LogP contribution < -0.4 is 5.32 Å². The monoisotopic (exact) mass is 246 g/mol. The maximum Gasteiger partial charge on any atom is 0.253 e. The third kappa shape index (κ3) is 3.10. The van der Waals surface area contributed by atoms with Crippen molar-refractivity contribution in [3.05, 3.63) is 35.4 Å². The zero-order valence-electron chi connectivity index (χ0n) is 11.3. The van der Waals surface area contributed by atoms with Gasteiger partial charge in [-0.2, -0.15) is 0 Å². The summed E-state index contributed by atoms with van der Waals surface area (Å²) in [5.41, 5.74) is 1.94. The summed E-state index contributed by atoms with van der Waals surface area (Å²) < 4.78 is 0. The van der Waals surface area contributed by atoms with Crippen molar-refractivity contribution in [1.82, 2.24) is 10.2 Å². The van der Waals surface area contributed by atoms with Crippen molar-refractivity contribution in [2.75, 3.05) is 20.1 Å². The molecule has 1 aliphatic heterocycles. The van der Waals surface area contributed by atoms with Crippen molar-refractivity contribution in [2.45, 2.75) is 32.2 Å². The summed E-state index contributed by atoms with van der Waals surface area (Å²) in [5.74, 6) is 0.144. The smallest absolute Gasteiger partial charge is 0.253 e. The number of nitrogens with one attached hydrogen (secondary N) is 1. The number of carbonyl (C=O) groups excluding carboxylic acids is 1. The fraction of sp³-hybridized carbons (Fsp3) is 0.533. The van der Waals surface area contributed by atoms with E-state index in [-0.39, 0.29) is 5.91 Å². The van der Waals surface area contributed by atoms with Gasteiger partial charge >= 0.3 is 0 Å². The van der Waals surface area contributed by atoms with Gasteiger partial charge in [0.25, 0.3) is 5.91 Å². The molecule has 1 aromatic rings. The van der Waals surface area contributed by atoms with Crippen LogP contribution in [0.1, 0.15) is 35.2 Å². The van der Waals surface area contributed by atoms with Crippen molar-refractivity contribution in [3.8, 4) is 0 Å². The van der Waals surface area contributed by atoms with Crippen LogP contribution >= 0.6 is 0 Å². The van der Waals surface area contributed by atoms with Gasteiger partial charge in [0.15, 0.2) is 0 Å². The highest BCUT2D eigenvalue weighted by molar-refractivity contribution is 5.94. The lowest BCUT2D eigenvalue weighted by Crippen LogP contribution is -2.37. The van der Waals surface area contributed by atoms with E-state index in [1.165, 1.54) is 0 Å². The van der Waals surface area contributed by atoms with Crippen molar-refractivity contribution in [1.29, 1.82) is 0 Å². The number of amides is 1. The summed E-state index contributed by atoms with van der Waals surface area (Å²) in [7, 11) is 1.93. The topological polar surface area (TPSA) is 32.3 Å². The number of hydrogen-bond acceptors (Lipinski definition) is 2. The average molecular weight is 246 g/mol. The van der Waals surface area contributed by atoms with E-state index in [9.17, 15) is 4.79 Å². The van der Waals surface area contributed by atoms with Gasteiger partial charge in [-0.3, -0.25) is 4.79 Å². The molecule has 0 saturated carbocycles. The highest BCUT2D eigenvalue weighted by Crippen LogP contribution is 2.15. The first-order chi connectivity index (χ1) is 8.68. The first-order valence-electron chi connectivity index (χ1n) is 6.73. The second kappa shape index (κ2) is 6.01. The summed E-state index contributed by atoms with van der Waals surface area (Å²) in [4.78, 5) is 14.3. The lowest BCUT2D eigenvalue weighted by Gasteiger charge is -2.27. The Labute approximate surface area is 109 Å². The molecule has 18 heavy (non-hydrogen) atoms. The highest BCUT2D eigenvalue weighted by atomic mass is 16.2. The Morgan fingerprint density at radius 2 is 2.17 bits per heavy atom. The normalized spacial score (nSPS) is 20.2. The quantitative estimate of drug-likeness (QED) is 0.867. The van der Waals surface area contributed by atoms with Crippen LogP contribution in [0, 0.1) is 6.92 Å². The van der Waals surface area contributed by atoms with Crippen molar-refractivity contribution >= 4 is 5.91 Å². The molecule has 0 radical (unpaired) electrons. The molecule has 1 amide bonds. The molecular formula is C15H22N2O. The van der Waals surface area contributed by atoms with Crippen LogP contribution in [0.5, 0.6) is 0 Å². The Kier molecular flexibility index (Phi) is 4.37. The van der Waals surface area contributed by atoms with E-state index in [2.05, 4.69) is 5.32 Å². The second-order valence-corrected chi connectivity index (χ2v) is 5.12. The van der Waals surface area contributed by atoms with Gasteiger partial charge in [0.2, 0.25) is 0 Å². The van der Waals surface area contributed by atoms with E-state index in [0.29, 0.717) is 6.04 Å². The van der Waals surface area contributed by atoms with E-state index < -0.39 is 0 Å². The van der Waals surface area contributed by atoms with E-state index in [4.69, 9.17) is 0 Å². The van der Waals surface area contributed by atoms with Crippen LogP contribution in [0.15, 0.2) is 24.3 Å². The van der Waals surface area contributed by atoms with Gasteiger partial charge in [0.05, 0.1) is 0 Å². The zero-order valence-corrected chi connectivity index (χ0v) is 11.3. The lowest BCUT2D eigenvalue weighted by molar-refractivity contribution is 0.0720. The summed E-state index contributed by atoms with van der Waals surface area (Å²) in [6.45, 7) is 4.10. The van der Waals surface area contributed by atoms with Crippen molar-refractivity contribution in [2.24, 2.45) is 0 Å². The minimum Gasteiger partial charge on any atom is -0.339 e. The van der Waals surface area contributed by atoms with Gasteiger partial charge in [-0.1, -0.05) is 17.7 Å². The predicted molar refractivity (Wildman–Crippen MR) is 73.8 cm³/mol. The predicted octanol–water partition coefficient (Wildman–Crippen LogP) is 2.21. The molecule has 0 spiro atoms. The number of carbonyl (C=O) groups is 1. The van der Waals surface area contributed by atoms with Gasteiger partial charge in [-0.05, 0) is 51.4 Å². The van der Waals surface area contributed by atoms with E-state index in [1.807, 2.05) is 43.1 Å². The Morgan fingerprint density at radius 1 is 1.33 bits per heavy atom. The number of benzene rings is 1. The lowest BCUT2D eigenvalue weighted by atomic mass is 10.1. The largest absolute Gasteiger partial charge is 0.339 e. The van der Waals surface area contributed by atoms with Gasteiger partial charge in [0.1, 0.15) is 0 Å². The second-order valence-electron chi connectivity index (χ2n) is 5.12. The number of nitrogens with zero attached hydrogens (tertiary/aromatic N) is 1. The Balaban J connectivity index is 2.07. The number of hydrogen-bond donors (Lipinski definition) is 1. The van der Waals surface area contributed by atoms with Gasteiger partial charge in [0, 0.05) is 18.7 Å². The molecule has 0 aromatic heterocycles. The molecule has 1 heterocycles. The number of aryl methyl sites for hydroxylation is 1. The van der Waals surface area contributed by atoms with Crippen molar-refractivity contribution in [3.63, 3.8) is 0 Å². The van der Waals surface area contributed by atoms with Gasteiger partial charge in [-0.25, -0.2) is 0 Å². The van der Waals surface area contributed by atoms with E-state index >= 15 is 0 Å². The summed E-state index contributed by atoms with van der Waals surface area (Å²) in [5, 5.41) is 3.38. The Morgan fingerprint density at radius 3 is 2.94 bits per heavy atom. The average Bonchev–Trinajstić information content (AvgIpc) is 2.66. The maximum absolute atomic E-state index is 12.4. The molecule has 1 atom stereocenters. The first-order valence-corrected chi connectivity index (χ1v) is 6.73. The third-order valence-corrected chi connectivity index (χ3v) is 3.68. The van der Waals surface area contributed by atoms with Gasteiger partial charge in [-0.15, -0.1) is 0 Å². The molecule has 1 N–H and O–H groups in total. The van der Waals surface area contributed by atoms with Crippen LogP contribution in [0.2, 0.25) is 0 Å². The fourth-order valence-electron chi connectivity index (χ4n) is 2.54. The summed E-state index contributed by atoms with van der Waals surface area (Å²) in [6, 6.07) is 8.21. The fourth-order valence-corrected chi connectivity index (χ4v) is 2.54. The van der Waals surface area contributed by atoms with Crippen molar-refractivity contribution < 1.29 is 4.79 Å². The SMILES string of the molecule is Cc1cccc(C(=O)N(C)C2CCCNCC2)c1. The minimum atomic E-state index is 0.144. The van der Waals surface area contributed by atoms with E-state index in [1.54, 1.807) is 0 Å². The molecule has 1 aliphatic rings. The minimum absolute atomic E-state index is 0.144. The molecule has 1 saturated heterocycles. The summed E-state index contributed by atoms with van der Waals surface area (Å²) in [6.07, 6.45) is 3.30. The number of rotatable bonds is 2. The molecule has 0 aliphatic carbocycles. The summed E-state index contributed by atoms with van der Waals surface area (Å²) >= 11 is 0. The molecule has 3 nitrogen and oxygen atoms in total. The molecule has 1 unspecified atom stereocenters. The zero-order chi connectivity index (χ0) is 13.0. The first kappa shape index (κ1) is 13.1. The molecule has 0 bridgehead atoms. The third-order valence-electron chi connectivity index (χ3n) is 3.68. The molecule has 98 valence electrons. The standard InChI is InChI=1S/C15H22N2O/c1-12-5-3-6-13(11-12)15(18)17(2)14-7-4-9-16-10-8-14/h3,5-6,11,14,16H,4,7-10H2,1-2H3. The Hall–Kier alpha value is -1.35. The Bertz CT molecular complexity index is 409. The molecule has 1 fully saturated rings. The highest BCUT2D eigenvalue weighted by Gasteiger charge is 2.21. The van der Waals surface area contributed by atoms with Crippen LogP contribution in [0.25, 0.3) is 0 Å². The van der Waals surface area contributed by atoms with Crippen LogP contribution in [0.3, 0.4) is 0 Å². The molecule has 3 heteroatoms. The van der Waals surface area contributed by atoms with Gasteiger partial charge < -0.3 is 10.2 Å². The molecular weight excluding hydrogens is 224 g/mol. The molecule has 1 aromatic carbocycles. The molecule has 2 rings (SSSR count). The van der Waals surface area contributed by atoms with E-state index in [0.717, 1.165) is 43.5 Å². The van der Waals surface area contributed by atoms with Crippen LogP contribution in [-0.2, 0) is 0 Å².